The molecule has 4 amide bonds. The minimum absolute atomic E-state index is 0.132. The number of imide groups is 1. The highest BCUT2D eigenvalue weighted by Gasteiger charge is 2.46. The van der Waals surface area contributed by atoms with Crippen LogP contribution in [0.25, 0.3) is 0 Å². The molecule has 1 fully saturated rings. The first-order chi connectivity index (χ1) is 16.1. The summed E-state index contributed by atoms with van der Waals surface area (Å²) in [7, 11) is 0. The number of amides is 4. The Kier molecular flexibility index (Phi) is 7.04. The summed E-state index contributed by atoms with van der Waals surface area (Å²) in [5.74, 6) is -0.0114. The average molecular weight is 464 g/mol. The molecule has 0 bridgehead atoms. The number of hydrogen-bond donors (Lipinski definition) is 1. The Morgan fingerprint density at radius 3 is 2.45 bits per heavy atom. The van der Waals surface area contributed by atoms with Crippen molar-refractivity contribution in [3.05, 3.63) is 77.0 Å². The highest BCUT2D eigenvalue weighted by molar-refractivity contribution is 7.09. The number of benzene rings is 2. The molecule has 0 saturated carbocycles. The van der Waals surface area contributed by atoms with Gasteiger partial charge in [0, 0.05) is 10.6 Å². The van der Waals surface area contributed by atoms with Gasteiger partial charge in [0.25, 0.3) is 5.91 Å². The highest BCUT2D eigenvalue weighted by atomic mass is 32.1. The second-order valence-electron chi connectivity index (χ2n) is 7.64. The van der Waals surface area contributed by atoms with E-state index in [1.54, 1.807) is 48.5 Å². The Balaban J connectivity index is 1.50. The minimum Gasteiger partial charge on any atom is -0.494 e. The van der Waals surface area contributed by atoms with Crippen LogP contribution in [0.2, 0.25) is 0 Å². The van der Waals surface area contributed by atoms with E-state index < -0.39 is 18.0 Å². The molecule has 33 heavy (non-hydrogen) atoms. The first-order valence-corrected chi connectivity index (χ1v) is 11.7. The molecule has 1 aliphatic rings. The molecule has 7 nitrogen and oxygen atoms in total. The van der Waals surface area contributed by atoms with E-state index in [0.717, 1.165) is 21.9 Å². The molecule has 8 heteroatoms. The van der Waals surface area contributed by atoms with Gasteiger partial charge in [0.15, 0.2) is 0 Å². The van der Waals surface area contributed by atoms with Gasteiger partial charge in [-0.1, -0.05) is 31.2 Å². The number of nitrogens with zero attached hydrogens (tertiary/aromatic N) is 2. The van der Waals surface area contributed by atoms with Crippen molar-refractivity contribution in [2.75, 3.05) is 16.8 Å². The lowest BCUT2D eigenvalue weighted by Crippen LogP contribution is -2.37. The number of ether oxygens (including phenoxy) is 1. The van der Waals surface area contributed by atoms with Crippen LogP contribution in [0, 0.1) is 0 Å². The predicted molar refractivity (Wildman–Crippen MR) is 128 cm³/mol. The zero-order valence-electron chi connectivity index (χ0n) is 18.3. The van der Waals surface area contributed by atoms with E-state index in [4.69, 9.17) is 4.74 Å². The van der Waals surface area contributed by atoms with E-state index in [0.29, 0.717) is 18.0 Å². The summed E-state index contributed by atoms with van der Waals surface area (Å²) in [6.07, 6.45) is 0.780. The average Bonchev–Trinajstić information content (AvgIpc) is 3.42. The summed E-state index contributed by atoms with van der Waals surface area (Å²) in [5, 5.41) is 4.74. The second-order valence-corrected chi connectivity index (χ2v) is 8.67. The first kappa shape index (κ1) is 22.5. The lowest BCUT2D eigenvalue weighted by Gasteiger charge is -2.21. The number of para-hydroxylation sites is 1. The molecule has 1 saturated heterocycles. The van der Waals surface area contributed by atoms with Crippen molar-refractivity contribution in [2.24, 2.45) is 0 Å². The van der Waals surface area contributed by atoms with Gasteiger partial charge in [-0.2, -0.15) is 0 Å². The maximum atomic E-state index is 13.3. The van der Waals surface area contributed by atoms with Crippen LogP contribution in [-0.4, -0.2) is 35.4 Å². The van der Waals surface area contributed by atoms with Crippen LogP contribution in [0.5, 0.6) is 5.75 Å². The van der Waals surface area contributed by atoms with Crippen molar-refractivity contribution in [3.63, 3.8) is 0 Å². The molecule has 1 aliphatic heterocycles. The molecule has 170 valence electrons. The number of nitrogens with one attached hydrogen (secondary N) is 1. The van der Waals surface area contributed by atoms with Crippen LogP contribution in [0.3, 0.4) is 0 Å². The smallest absolute Gasteiger partial charge is 0.332 e. The number of urea groups is 1. The van der Waals surface area contributed by atoms with E-state index in [-0.39, 0.29) is 18.9 Å². The van der Waals surface area contributed by atoms with Crippen molar-refractivity contribution in [1.82, 2.24) is 4.90 Å². The molecule has 1 atom stereocenters. The van der Waals surface area contributed by atoms with Gasteiger partial charge < -0.3 is 15.0 Å². The summed E-state index contributed by atoms with van der Waals surface area (Å²) in [6, 6.07) is 18.4. The van der Waals surface area contributed by atoms with Crippen LogP contribution >= 0.6 is 11.3 Å². The fourth-order valence-electron chi connectivity index (χ4n) is 3.64. The fraction of sp³-hybridized carbons (Fsp3) is 0.240. The maximum absolute atomic E-state index is 13.3. The highest BCUT2D eigenvalue weighted by Crippen LogP contribution is 2.29. The molecule has 2 aromatic carbocycles. The third-order valence-corrected chi connectivity index (χ3v) is 6.09. The molecule has 0 unspecified atom stereocenters. The Morgan fingerprint density at radius 1 is 1.03 bits per heavy atom. The van der Waals surface area contributed by atoms with E-state index >= 15 is 0 Å². The monoisotopic (exact) mass is 463 g/mol. The van der Waals surface area contributed by atoms with Crippen molar-refractivity contribution in [2.45, 2.75) is 32.4 Å². The van der Waals surface area contributed by atoms with Gasteiger partial charge in [-0.3, -0.25) is 9.59 Å². The third-order valence-electron chi connectivity index (χ3n) is 5.23. The van der Waals surface area contributed by atoms with Gasteiger partial charge in [0.2, 0.25) is 5.91 Å². The number of anilines is 2. The van der Waals surface area contributed by atoms with Crippen molar-refractivity contribution in [1.29, 1.82) is 0 Å². The zero-order valence-corrected chi connectivity index (χ0v) is 19.1. The lowest BCUT2D eigenvalue weighted by molar-refractivity contribution is -0.124. The van der Waals surface area contributed by atoms with E-state index in [1.165, 1.54) is 16.2 Å². The van der Waals surface area contributed by atoms with Crippen LogP contribution < -0.4 is 15.0 Å². The van der Waals surface area contributed by atoms with Crippen LogP contribution in [-0.2, 0) is 16.1 Å². The zero-order chi connectivity index (χ0) is 23.2. The van der Waals surface area contributed by atoms with E-state index in [1.807, 2.05) is 30.5 Å². The minimum atomic E-state index is -0.882. The first-order valence-electron chi connectivity index (χ1n) is 10.8. The normalized spacial score (nSPS) is 15.7. The molecule has 1 N–H and O–H groups in total. The fourth-order valence-corrected chi connectivity index (χ4v) is 4.34. The molecule has 0 radical (unpaired) electrons. The molecular weight excluding hydrogens is 438 g/mol. The molecule has 0 aliphatic carbocycles. The molecule has 1 aromatic heterocycles. The number of carbonyl (C=O) groups is 3. The number of carbonyl (C=O) groups excluding carboxylic acids is 3. The third kappa shape index (κ3) is 5.23. The van der Waals surface area contributed by atoms with Crippen molar-refractivity contribution >= 4 is 40.6 Å². The van der Waals surface area contributed by atoms with Gasteiger partial charge in [-0.15, -0.1) is 11.3 Å². The van der Waals surface area contributed by atoms with Crippen LogP contribution in [0.15, 0.2) is 72.1 Å². The lowest BCUT2D eigenvalue weighted by atomic mass is 10.1. The van der Waals surface area contributed by atoms with Gasteiger partial charge in [-0.25, -0.2) is 9.69 Å². The van der Waals surface area contributed by atoms with Crippen molar-refractivity contribution < 1.29 is 19.1 Å². The Labute approximate surface area is 196 Å². The molecular formula is C25H25N3O4S. The summed E-state index contributed by atoms with van der Waals surface area (Å²) in [6.45, 7) is 2.93. The molecule has 2 heterocycles. The van der Waals surface area contributed by atoms with Crippen LogP contribution in [0.4, 0.5) is 16.2 Å². The Bertz CT molecular complexity index is 1100. The quantitative estimate of drug-likeness (QED) is 0.458. The second kappa shape index (κ2) is 10.3. The van der Waals surface area contributed by atoms with Gasteiger partial charge in [-0.05, 0) is 54.3 Å². The predicted octanol–water partition coefficient (Wildman–Crippen LogP) is 4.90. The topological polar surface area (TPSA) is 79.0 Å². The largest absolute Gasteiger partial charge is 0.494 e. The van der Waals surface area contributed by atoms with Gasteiger partial charge in [0.1, 0.15) is 11.8 Å². The Morgan fingerprint density at radius 2 is 1.79 bits per heavy atom. The molecule has 0 spiro atoms. The Hall–Kier alpha value is -3.65. The summed E-state index contributed by atoms with van der Waals surface area (Å²) in [4.78, 5) is 42.9. The van der Waals surface area contributed by atoms with E-state index in [9.17, 15) is 14.4 Å². The van der Waals surface area contributed by atoms with E-state index in [2.05, 4.69) is 5.32 Å². The number of thiophene rings is 1. The van der Waals surface area contributed by atoms with Crippen LogP contribution in [0.1, 0.15) is 24.6 Å². The van der Waals surface area contributed by atoms with Crippen molar-refractivity contribution in [3.8, 4) is 5.75 Å². The maximum Gasteiger partial charge on any atom is 0.332 e. The standard InChI is InChI=1S/C25H25N3O4S/c1-2-14-32-20-12-10-18(11-13-20)26-23(29)16-22-24(30)28(19-7-4-3-5-8-19)25(31)27(22)17-21-9-6-15-33-21/h3-13,15,22H,2,14,16-17H2,1H3,(H,26,29)/t22-/m1/s1. The number of rotatable bonds is 9. The summed E-state index contributed by atoms with van der Waals surface area (Å²) < 4.78 is 5.56. The molecule has 4 rings (SSSR count). The molecule has 3 aromatic rings. The number of hydrogen-bond acceptors (Lipinski definition) is 5. The summed E-state index contributed by atoms with van der Waals surface area (Å²) in [5.41, 5.74) is 1.10. The summed E-state index contributed by atoms with van der Waals surface area (Å²) >= 11 is 1.50. The van der Waals surface area contributed by atoms with Gasteiger partial charge in [0.05, 0.1) is 25.3 Å². The van der Waals surface area contributed by atoms with Gasteiger partial charge >= 0.3 is 6.03 Å². The SMILES string of the molecule is CCCOc1ccc(NC(=O)C[C@@H]2C(=O)N(c3ccccc3)C(=O)N2Cc2cccs2)cc1.